The predicted octanol–water partition coefficient (Wildman–Crippen LogP) is 1.52. The molecule has 1 aliphatic rings. The molecule has 24 heavy (non-hydrogen) atoms. The SMILES string of the molecule is CN(CCN1CCOCC1)C(=O)CCc1nnc(-c2ccsc2)o1. The number of hydrogen-bond donors (Lipinski definition) is 0. The van der Waals surface area contributed by atoms with Gasteiger partial charge in [-0.25, -0.2) is 0 Å². The minimum atomic E-state index is 0.0959. The van der Waals surface area contributed by atoms with E-state index in [2.05, 4.69) is 15.1 Å². The highest BCUT2D eigenvalue weighted by molar-refractivity contribution is 7.08. The van der Waals surface area contributed by atoms with Gasteiger partial charge >= 0.3 is 0 Å². The topological polar surface area (TPSA) is 71.7 Å². The fourth-order valence-corrected chi connectivity index (χ4v) is 3.13. The van der Waals surface area contributed by atoms with Gasteiger partial charge in [0.25, 0.3) is 0 Å². The molecule has 0 aliphatic carbocycles. The van der Waals surface area contributed by atoms with Crippen LogP contribution in [0, 0.1) is 0 Å². The largest absolute Gasteiger partial charge is 0.421 e. The zero-order valence-corrected chi connectivity index (χ0v) is 14.6. The molecular weight excluding hydrogens is 328 g/mol. The summed E-state index contributed by atoms with van der Waals surface area (Å²) in [5.74, 6) is 1.11. The number of amides is 1. The molecule has 3 rings (SSSR count). The summed E-state index contributed by atoms with van der Waals surface area (Å²) >= 11 is 1.58. The summed E-state index contributed by atoms with van der Waals surface area (Å²) in [5.41, 5.74) is 0.924. The summed E-state index contributed by atoms with van der Waals surface area (Å²) < 4.78 is 10.9. The van der Waals surface area contributed by atoms with Crippen LogP contribution in [0.2, 0.25) is 0 Å². The first-order chi connectivity index (χ1) is 11.7. The van der Waals surface area contributed by atoms with Gasteiger partial charge in [0, 0.05) is 57.0 Å². The van der Waals surface area contributed by atoms with Gasteiger partial charge in [-0.2, -0.15) is 11.3 Å². The van der Waals surface area contributed by atoms with Crippen molar-refractivity contribution in [2.75, 3.05) is 46.4 Å². The summed E-state index contributed by atoms with van der Waals surface area (Å²) in [6.07, 6.45) is 0.850. The molecule has 1 saturated heterocycles. The number of aryl methyl sites for hydroxylation is 1. The third-order valence-electron chi connectivity index (χ3n) is 4.07. The molecule has 1 fully saturated rings. The lowest BCUT2D eigenvalue weighted by molar-refractivity contribution is -0.130. The molecule has 3 heterocycles. The van der Waals surface area contributed by atoms with Crippen LogP contribution in [0.4, 0.5) is 0 Å². The highest BCUT2D eigenvalue weighted by Gasteiger charge is 2.15. The Kier molecular flexibility index (Phi) is 5.95. The Morgan fingerprint density at radius 3 is 2.96 bits per heavy atom. The average molecular weight is 350 g/mol. The number of carbonyl (C=O) groups excluding carboxylic acids is 1. The molecule has 130 valence electrons. The van der Waals surface area contributed by atoms with Crippen LogP contribution in [0.5, 0.6) is 0 Å². The van der Waals surface area contributed by atoms with Crippen molar-refractivity contribution in [2.24, 2.45) is 0 Å². The van der Waals surface area contributed by atoms with Crippen LogP contribution >= 0.6 is 11.3 Å². The number of hydrogen-bond acceptors (Lipinski definition) is 7. The van der Waals surface area contributed by atoms with Crippen LogP contribution in [0.15, 0.2) is 21.2 Å². The molecule has 0 saturated carbocycles. The standard InChI is InChI=1S/C16H22N4O3S/c1-19(5-6-20-7-9-22-10-8-20)15(21)3-2-14-17-18-16(23-14)13-4-11-24-12-13/h4,11-12H,2-3,5-10H2,1H3. The van der Waals surface area contributed by atoms with E-state index in [4.69, 9.17) is 9.15 Å². The van der Waals surface area contributed by atoms with Gasteiger partial charge in [0.1, 0.15) is 0 Å². The number of thiophene rings is 1. The summed E-state index contributed by atoms with van der Waals surface area (Å²) in [4.78, 5) is 16.3. The van der Waals surface area contributed by atoms with Crippen molar-refractivity contribution in [2.45, 2.75) is 12.8 Å². The fraction of sp³-hybridized carbons (Fsp3) is 0.562. The van der Waals surface area contributed by atoms with E-state index < -0.39 is 0 Å². The van der Waals surface area contributed by atoms with Crippen LogP contribution < -0.4 is 0 Å². The average Bonchev–Trinajstić information content (AvgIpc) is 3.29. The van der Waals surface area contributed by atoms with Crippen molar-refractivity contribution < 1.29 is 13.9 Å². The second kappa shape index (κ2) is 8.36. The van der Waals surface area contributed by atoms with Crippen LogP contribution in [-0.2, 0) is 16.0 Å². The van der Waals surface area contributed by atoms with Gasteiger partial charge in [-0.05, 0) is 11.4 Å². The number of morpholine rings is 1. The number of likely N-dealkylation sites (N-methyl/N-ethyl adjacent to an activating group) is 1. The van der Waals surface area contributed by atoms with Gasteiger partial charge in [0.2, 0.25) is 17.7 Å². The number of aromatic nitrogens is 2. The molecule has 8 heteroatoms. The molecule has 1 amide bonds. The summed E-state index contributed by atoms with van der Waals surface area (Å²) in [6.45, 7) is 5.05. The highest BCUT2D eigenvalue weighted by Crippen LogP contribution is 2.20. The molecular formula is C16H22N4O3S. The molecule has 0 aromatic carbocycles. The van der Waals surface area contributed by atoms with E-state index in [1.165, 1.54) is 0 Å². The summed E-state index contributed by atoms with van der Waals surface area (Å²) in [6, 6.07) is 1.94. The monoisotopic (exact) mass is 350 g/mol. The van der Waals surface area contributed by atoms with Gasteiger partial charge in [0.05, 0.1) is 13.2 Å². The number of nitrogens with zero attached hydrogens (tertiary/aromatic N) is 4. The Hall–Kier alpha value is -1.77. The molecule has 2 aromatic rings. The third kappa shape index (κ3) is 4.62. The van der Waals surface area contributed by atoms with E-state index >= 15 is 0 Å². The summed E-state index contributed by atoms with van der Waals surface area (Å²) in [5, 5.41) is 12.0. The Morgan fingerprint density at radius 1 is 1.38 bits per heavy atom. The van der Waals surface area contributed by atoms with Crippen molar-refractivity contribution >= 4 is 17.2 Å². The molecule has 0 spiro atoms. The van der Waals surface area contributed by atoms with E-state index in [1.807, 2.05) is 23.9 Å². The zero-order chi connectivity index (χ0) is 16.8. The molecule has 0 radical (unpaired) electrons. The van der Waals surface area contributed by atoms with Crippen molar-refractivity contribution in [3.8, 4) is 11.5 Å². The van der Waals surface area contributed by atoms with Gasteiger partial charge in [-0.1, -0.05) is 0 Å². The molecule has 2 aromatic heterocycles. The minimum Gasteiger partial charge on any atom is -0.421 e. The maximum Gasteiger partial charge on any atom is 0.248 e. The molecule has 1 aliphatic heterocycles. The predicted molar refractivity (Wildman–Crippen MR) is 90.8 cm³/mol. The molecule has 7 nitrogen and oxygen atoms in total. The fourth-order valence-electron chi connectivity index (χ4n) is 2.50. The first kappa shape index (κ1) is 17.1. The van der Waals surface area contributed by atoms with E-state index in [1.54, 1.807) is 16.2 Å². The molecule has 0 bridgehead atoms. The molecule has 0 atom stereocenters. The van der Waals surface area contributed by atoms with Crippen molar-refractivity contribution in [3.05, 3.63) is 22.7 Å². The minimum absolute atomic E-state index is 0.0959. The Bertz CT molecular complexity index is 638. The number of rotatable bonds is 7. The van der Waals surface area contributed by atoms with Crippen molar-refractivity contribution in [1.82, 2.24) is 20.0 Å². The Morgan fingerprint density at radius 2 is 2.21 bits per heavy atom. The highest BCUT2D eigenvalue weighted by atomic mass is 32.1. The third-order valence-corrected chi connectivity index (χ3v) is 4.75. The second-order valence-corrected chi connectivity index (χ2v) is 6.56. The van der Waals surface area contributed by atoms with Crippen LogP contribution in [0.25, 0.3) is 11.5 Å². The molecule has 0 unspecified atom stereocenters. The maximum atomic E-state index is 12.2. The molecule has 0 N–H and O–H groups in total. The van der Waals surface area contributed by atoms with Crippen LogP contribution in [0.1, 0.15) is 12.3 Å². The quantitative estimate of drug-likeness (QED) is 0.754. The number of carbonyl (C=O) groups is 1. The van der Waals surface area contributed by atoms with Gasteiger partial charge < -0.3 is 14.1 Å². The van der Waals surface area contributed by atoms with Gasteiger partial charge in [-0.3, -0.25) is 9.69 Å². The van der Waals surface area contributed by atoms with Crippen LogP contribution in [-0.4, -0.2) is 72.3 Å². The van der Waals surface area contributed by atoms with Crippen molar-refractivity contribution in [3.63, 3.8) is 0 Å². The maximum absolute atomic E-state index is 12.2. The zero-order valence-electron chi connectivity index (χ0n) is 13.8. The second-order valence-electron chi connectivity index (χ2n) is 5.78. The smallest absolute Gasteiger partial charge is 0.248 e. The lowest BCUT2D eigenvalue weighted by atomic mass is 10.2. The van der Waals surface area contributed by atoms with Crippen molar-refractivity contribution in [1.29, 1.82) is 0 Å². The lowest BCUT2D eigenvalue weighted by Crippen LogP contribution is -2.41. The van der Waals surface area contributed by atoms with E-state index in [-0.39, 0.29) is 5.91 Å². The first-order valence-corrected chi connectivity index (χ1v) is 9.05. The lowest BCUT2D eigenvalue weighted by Gasteiger charge is -2.28. The van der Waals surface area contributed by atoms with E-state index in [0.29, 0.717) is 24.6 Å². The number of ether oxygens (including phenoxy) is 1. The van der Waals surface area contributed by atoms with Gasteiger partial charge in [-0.15, -0.1) is 10.2 Å². The van der Waals surface area contributed by atoms with E-state index in [9.17, 15) is 4.79 Å². The Balaban J connectivity index is 1.41. The van der Waals surface area contributed by atoms with Crippen LogP contribution in [0.3, 0.4) is 0 Å². The van der Waals surface area contributed by atoms with E-state index in [0.717, 1.165) is 45.0 Å². The normalized spacial score (nSPS) is 15.5. The first-order valence-electron chi connectivity index (χ1n) is 8.11. The summed E-state index contributed by atoms with van der Waals surface area (Å²) in [7, 11) is 1.84. The van der Waals surface area contributed by atoms with Gasteiger partial charge in [0.15, 0.2) is 0 Å². The Labute approximate surface area is 145 Å².